The largest absolute Gasteiger partial charge is 0.480 e. The minimum Gasteiger partial charge on any atom is -0.480 e. The van der Waals surface area contributed by atoms with Crippen LogP contribution in [0, 0.1) is 5.92 Å². The summed E-state index contributed by atoms with van der Waals surface area (Å²) >= 11 is 0. The summed E-state index contributed by atoms with van der Waals surface area (Å²) in [6.45, 7) is -6.57. The SMILES string of the molecule is [2H]C([2H])([2H])C([C@H](NS(=O)(=O)c1ccc(-c2ccc(OC(=O)c3cc4ccccc4o3)cc2)cc1)C(=O)O)C([2H])([2H])[2H]. The predicted molar refractivity (Wildman–Crippen MR) is 130 cm³/mol. The van der Waals surface area contributed by atoms with Crippen LogP contribution in [-0.2, 0) is 14.8 Å². The van der Waals surface area contributed by atoms with E-state index in [1.165, 1.54) is 24.3 Å². The zero-order valence-corrected chi connectivity index (χ0v) is 18.8. The fraction of sp³-hybridized carbons (Fsp3) is 0.154. The van der Waals surface area contributed by atoms with Crippen LogP contribution >= 0.6 is 0 Å². The Morgan fingerprint density at radius 2 is 1.60 bits per heavy atom. The number of benzene rings is 3. The number of furan rings is 1. The number of rotatable bonds is 8. The van der Waals surface area contributed by atoms with E-state index in [2.05, 4.69) is 0 Å². The quantitative estimate of drug-likeness (QED) is 0.266. The Morgan fingerprint density at radius 1 is 0.971 bits per heavy atom. The Balaban J connectivity index is 1.48. The molecule has 0 aliphatic heterocycles. The molecule has 0 bridgehead atoms. The molecule has 0 aliphatic carbocycles. The minimum atomic E-state index is -4.62. The highest BCUT2D eigenvalue weighted by molar-refractivity contribution is 7.89. The number of carboxylic acid groups (broad SMARTS) is 1. The molecule has 0 amide bonds. The van der Waals surface area contributed by atoms with E-state index in [9.17, 15) is 23.1 Å². The van der Waals surface area contributed by atoms with Crippen LogP contribution in [-0.4, -0.2) is 31.5 Å². The van der Waals surface area contributed by atoms with Gasteiger partial charge < -0.3 is 14.3 Å². The van der Waals surface area contributed by atoms with E-state index in [1.54, 1.807) is 41.1 Å². The number of esters is 1. The number of carbonyl (C=O) groups excluding carboxylic acids is 1. The minimum absolute atomic E-state index is 0.0369. The molecule has 0 unspecified atom stereocenters. The van der Waals surface area contributed by atoms with Crippen molar-refractivity contribution in [3.63, 3.8) is 0 Å². The summed E-state index contributed by atoms with van der Waals surface area (Å²) in [5.74, 6) is -4.84. The lowest BCUT2D eigenvalue weighted by atomic mass is 10.1. The highest BCUT2D eigenvalue weighted by atomic mass is 32.2. The summed E-state index contributed by atoms with van der Waals surface area (Å²) in [7, 11) is -4.62. The van der Waals surface area contributed by atoms with Gasteiger partial charge in [0.05, 0.1) is 4.90 Å². The number of ether oxygens (including phenoxy) is 1. The van der Waals surface area contributed by atoms with Gasteiger partial charge in [-0.1, -0.05) is 56.2 Å². The van der Waals surface area contributed by atoms with Gasteiger partial charge in [0.25, 0.3) is 0 Å². The first kappa shape index (κ1) is 17.5. The van der Waals surface area contributed by atoms with Crippen LogP contribution in [0.5, 0.6) is 5.75 Å². The van der Waals surface area contributed by atoms with Crippen LogP contribution in [0.3, 0.4) is 0 Å². The summed E-state index contributed by atoms with van der Waals surface area (Å²) in [6, 6.07) is 17.7. The maximum Gasteiger partial charge on any atom is 0.379 e. The molecule has 0 fully saturated rings. The molecule has 8 nitrogen and oxygen atoms in total. The van der Waals surface area contributed by atoms with E-state index in [1.807, 2.05) is 6.07 Å². The van der Waals surface area contributed by atoms with Crippen LogP contribution in [0.4, 0.5) is 0 Å². The average Bonchev–Trinajstić information content (AvgIpc) is 3.32. The Labute approximate surface area is 210 Å². The lowest BCUT2D eigenvalue weighted by molar-refractivity contribution is -0.140. The van der Waals surface area contributed by atoms with Gasteiger partial charge in [0, 0.05) is 13.6 Å². The third-order valence-corrected chi connectivity index (χ3v) is 6.53. The molecule has 180 valence electrons. The second kappa shape index (κ2) is 9.73. The van der Waals surface area contributed by atoms with Gasteiger partial charge in [0.2, 0.25) is 15.8 Å². The van der Waals surface area contributed by atoms with Gasteiger partial charge in [-0.2, -0.15) is 4.72 Å². The number of para-hydroxylation sites is 1. The Bertz CT molecular complexity index is 1630. The molecule has 0 radical (unpaired) electrons. The van der Waals surface area contributed by atoms with Crippen molar-refractivity contribution in [2.45, 2.75) is 24.6 Å². The Hall–Kier alpha value is -3.95. The van der Waals surface area contributed by atoms with Crippen molar-refractivity contribution in [2.75, 3.05) is 0 Å². The molecular formula is C26H23NO7S. The van der Waals surface area contributed by atoms with E-state index < -0.39 is 52.5 Å². The van der Waals surface area contributed by atoms with Crippen molar-refractivity contribution in [1.82, 2.24) is 4.72 Å². The maximum atomic E-state index is 12.9. The average molecular weight is 500 g/mol. The van der Waals surface area contributed by atoms with Gasteiger partial charge in [-0.25, -0.2) is 13.2 Å². The van der Waals surface area contributed by atoms with Crippen molar-refractivity contribution in [3.05, 3.63) is 84.6 Å². The molecule has 1 heterocycles. The molecule has 4 rings (SSSR count). The first-order valence-electron chi connectivity index (χ1n) is 13.2. The monoisotopic (exact) mass is 499 g/mol. The van der Waals surface area contributed by atoms with Crippen LogP contribution in [0.15, 0.2) is 88.2 Å². The van der Waals surface area contributed by atoms with Gasteiger partial charge in [0.1, 0.15) is 17.4 Å². The van der Waals surface area contributed by atoms with E-state index in [4.69, 9.17) is 17.4 Å². The van der Waals surface area contributed by atoms with Crippen LogP contribution in [0.25, 0.3) is 22.1 Å². The first-order valence-corrected chi connectivity index (χ1v) is 11.7. The molecule has 0 saturated carbocycles. The molecule has 1 aromatic heterocycles. The van der Waals surface area contributed by atoms with Gasteiger partial charge in [-0.05, 0) is 53.4 Å². The van der Waals surface area contributed by atoms with Crippen molar-refractivity contribution < 1.29 is 40.5 Å². The molecule has 0 aliphatic rings. The zero-order valence-electron chi connectivity index (χ0n) is 24.0. The number of carbonyl (C=O) groups is 2. The zero-order chi connectivity index (χ0) is 30.2. The molecule has 9 heteroatoms. The highest BCUT2D eigenvalue weighted by Crippen LogP contribution is 2.25. The second-order valence-electron chi connectivity index (χ2n) is 7.50. The summed E-state index contributed by atoms with van der Waals surface area (Å²) < 4.78 is 83.1. The standard InChI is InChI=1S/C26H23NO7S/c1-16(2)24(25(28)29)27-35(31,32)21-13-9-18(10-14-21)17-7-11-20(12-8-17)33-26(30)23-15-19-5-3-4-6-22(19)34-23/h3-16,24,27H,1-2H3,(H,28,29)/t24-/m0/s1/i1D3,2D3. The van der Waals surface area contributed by atoms with Gasteiger partial charge >= 0.3 is 11.9 Å². The smallest absolute Gasteiger partial charge is 0.379 e. The number of carboxylic acids is 1. The second-order valence-corrected chi connectivity index (χ2v) is 9.22. The third kappa shape index (κ3) is 5.42. The van der Waals surface area contributed by atoms with E-state index in [0.717, 1.165) is 17.5 Å². The lowest BCUT2D eigenvalue weighted by Crippen LogP contribution is -2.44. The van der Waals surface area contributed by atoms with Crippen LogP contribution in [0.2, 0.25) is 0 Å². The molecular weight excluding hydrogens is 470 g/mol. The van der Waals surface area contributed by atoms with Crippen molar-refractivity contribution >= 4 is 32.9 Å². The maximum absolute atomic E-state index is 12.9. The predicted octanol–water partition coefficient (Wildman–Crippen LogP) is 4.71. The number of aliphatic carboxylic acids is 1. The molecule has 35 heavy (non-hydrogen) atoms. The van der Waals surface area contributed by atoms with Gasteiger partial charge in [-0.15, -0.1) is 0 Å². The van der Waals surface area contributed by atoms with E-state index >= 15 is 0 Å². The van der Waals surface area contributed by atoms with Crippen molar-refractivity contribution in [3.8, 4) is 16.9 Å². The number of sulfonamides is 1. The van der Waals surface area contributed by atoms with Crippen LogP contribution in [0.1, 0.15) is 32.5 Å². The topological polar surface area (TPSA) is 123 Å². The number of hydrogen-bond donors (Lipinski definition) is 2. The van der Waals surface area contributed by atoms with Gasteiger partial charge in [0.15, 0.2) is 0 Å². The van der Waals surface area contributed by atoms with Crippen LogP contribution < -0.4 is 9.46 Å². The number of nitrogens with one attached hydrogen (secondary N) is 1. The first-order chi connectivity index (χ1) is 19.1. The molecule has 1 atom stereocenters. The summed E-state index contributed by atoms with van der Waals surface area (Å²) in [5.41, 5.74) is 1.72. The van der Waals surface area contributed by atoms with Gasteiger partial charge in [-0.3, -0.25) is 4.79 Å². The summed E-state index contributed by atoms with van der Waals surface area (Å²) in [4.78, 5) is 23.8. The molecule has 4 aromatic rings. The highest BCUT2D eigenvalue weighted by Gasteiger charge is 2.28. The van der Waals surface area contributed by atoms with E-state index in [-0.39, 0.29) is 11.5 Å². The lowest BCUT2D eigenvalue weighted by Gasteiger charge is -2.18. The van der Waals surface area contributed by atoms with Crippen molar-refractivity contribution in [2.24, 2.45) is 5.92 Å². The number of fused-ring (bicyclic) bond motifs is 1. The van der Waals surface area contributed by atoms with E-state index in [0.29, 0.717) is 16.7 Å². The molecule has 0 spiro atoms. The van der Waals surface area contributed by atoms with Crippen molar-refractivity contribution in [1.29, 1.82) is 0 Å². The molecule has 3 aromatic carbocycles. The Morgan fingerprint density at radius 3 is 2.20 bits per heavy atom. The fourth-order valence-corrected chi connectivity index (χ4v) is 4.48. The Kier molecular flexibility index (Phi) is 4.86. The summed E-state index contributed by atoms with van der Waals surface area (Å²) in [6.07, 6.45) is 0. The summed E-state index contributed by atoms with van der Waals surface area (Å²) in [5, 5.41) is 10.2. The third-order valence-electron chi connectivity index (χ3n) is 5.07. The fourth-order valence-electron chi connectivity index (χ4n) is 3.28. The molecule has 0 saturated heterocycles. The molecule has 2 N–H and O–H groups in total. The number of hydrogen-bond acceptors (Lipinski definition) is 6. The normalized spacial score (nSPS) is 15.8.